The highest BCUT2D eigenvalue weighted by Crippen LogP contribution is 2.01. The average Bonchev–Trinajstić information content (AvgIpc) is 2.25. The summed E-state index contributed by atoms with van der Waals surface area (Å²) in [4.78, 5) is 18.1. The predicted molar refractivity (Wildman–Crippen MR) is 60.9 cm³/mol. The van der Waals surface area contributed by atoms with Gasteiger partial charge in [-0.3, -0.25) is 4.79 Å². The van der Waals surface area contributed by atoms with Crippen molar-refractivity contribution in [2.75, 3.05) is 18.4 Å². The van der Waals surface area contributed by atoms with Crippen LogP contribution in [0.3, 0.4) is 0 Å². The molecule has 0 aliphatic rings. The molecule has 0 saturated carbocycles. The van der Waals surface area contributed by atoms with Gasteiger partial charge in [-0.1, -0.05) is 13.8 Å². The number of nitrogens with zero attached hydrogens (tertiary/aromatic N) is 1. The smallest absolute Gasteiger partial charge is 0.252 e. The van der Waals surface area contributed by atoms with Crippen LogP contribution >= 0.6 is 0 Å². The summed E-state index contributed by atoms with van der Waals surface area (Å²) in [6.07, 6.45) is 0.719. The lowest BCUT2D eigenvalue weighted by atomic mass is 10.2. The lowest BCUT2D eigenvalue weighted by molar-refractivity contribution is 0.626. The standard InChI is InChI=1S/C10H18N4O/c1-3-8-13-9(4-10(15)14-8)12-6-7(2)5-11/h4,7H,3,5-6,11H2,1-2H3,(H2,12,13,14,15). The van der Waals surface area contributed by atoms with E-state index in [1.165, 1.54) is 6.07 Å². The molecule has 1 atom stereocenters. The van der Waals surface area contributed by atoms with Crippen molar-refractivity contribution in [2.45, 2.75) is 20.3 Å². The van der Waals surface area contributed by atoms with Gasteiger partial charge >= 0.3 is 0 Å². The van der Waals surface area contributed by atoms with Crippen molar-refractivity contribution in [3.05, 3.63) is 22.2 Å². The van der Waals surface area contributed by atoms with Crippen LogP contribution in [0.25, 0.3) is 0 Å². The van der Waals surface area contributed by atoms with Crippen LogP contribution in [0.2, 0.25) is 0 Å². The first-order chi connectivity index (χ1) is 7.15. The van der Waals surface area contributed by atoms with Gasteiger partial charge in [-0.05, 0) is 12.5 Å². The second-order valence-electron chi connectivity index (χ2n) is 3.65. The molecule has 15 heavy (non-hydrogen) atoms. The molecular formula is C10H18N4O. The lowest BCUT2D eigenvalue weighted by Crippen LogP contribution is -2.21. The topological polar surface area (TPSA) is 83.8 Å². The fraction of sp³-hybridized carbons (Fsp3) is 0.600. The maximum absolute atomic E-state index is 11.2. The fourth-order valence-electron chi connectivity index (χ4n) is 1.13. The molecule has 0 aliphatic carbocycles. The van der Waals surface area contributed by atoms with E-state index in [4.69, 9.17) is 5.73 Å². The Kier molecular flexibility index (Phi) is 4.30. The molecule has 1 aromatic rings. The molecular weight excluding hydrogens is 192 g/mol. The quantitative estimate of drug-likeness (QED) is 0.654. The summed E-state index contributed by atoms with van der Waals surface area (Å²) in [6.45, 7) is 5.35. The molecule has 0 aromatic carbocycles. The summed E-state index contributed by atoms with van der Waals surface area (Å²) in [5.74, 6) is 1.69. The summed E-state index contributed by atoms with van der Waals surface area (Å²) in [6, 6.07) is 1.46. The van der Waals surface area contributed by atoms with Gasteiger partial charge in [-0.2, -0.15) is 0 Å². The first-order valence-corrected chi connectivity index (χ1v) is 5.19. The van der Waals surface area contributed by atoms with Gasteiger partial charge in [0.15, 0.2) is 0 Å². The molecule has 1 unspecified atom stereocenters. The molecule has 0 spiro atoms. The number of nitrogens with one attached hydrogen (secondary N) is 2. The predicted octanol–water partition coefficient (Wildman–Crippen LogP) is 0.339. The number of nitrogens with two attached hydrogens (primary N) is 1. The highest BCUT2D eigenvalue weighted by atomic mass is 16.1. The normalized spacial score (nSPS) is 12.5. The molecule has 0 bridgehead atoms. The summed E-state index contributed by atoms with van der Waals surface area (Å²) >= 11 is 0. The van der Waals surface area contributed by atoms with Crippen LogP contribution in [0.15, 0.2) is 10.9 Å². The summed E-state index contributed by atoms with van der Waals surface area (Å²) in [5, 5.41) is 3.10. The monoisotopic (exact) mass is 210 g/mol. The molecule has 0 radical (unpaired) electrons. The van der Waals surface area contributed by atoms with Crippen molar-refractivity contribution < 1.29 is 0 Å². The van der Waals surface area contributed by atoms with Gasteiger partial charge in [-0.15, -0.1) is 0 Å². The van der Waals surface area contributed by atoms with Gasteiger partial charge < -0.3 is 16.0 Å². The number of aromatic nitrogens is 2. The van der Waals surface area contributed by atoms with Crippen molar-refractivity contribution in [1.82, 2.24) is 9.97 Å². The van der Waals surface area contributed by atoms with Gasteiger partial charge in [0.2, 0.25) is 0 Å². The second-order valence-corrected chi connectivity index (χ2v) is 3.65. The average molecular weight is 210 g/mol. The lowest BCUT2D eigenvalue weighted by Gasteiger charge is -2.10. The molecule has 5 nitrogen and oxygen atoms in total. The number of hydrogen-bond donors (Lipinski definition) is 3. The van der Waals surface area contributed by atoms with E-state index in [0.29, 0.717) is 24.1 Å². The second kappa shape index (κ2) is 5.50. The van der Waals surface area contributed by atoms with E-state index in [1.807, 2.05) is 13.8 Å². The zero-order chi connectivity index (χ0) is 11.3. The van der Waals surface area contributed by atoms with Crippen LogP contribution in [-0.2, 0) is 6.42 Å². The first-order valence-electron chi connectivity index (χ1n) is 5.19. The summed E-state index contributed by atoms with van der Waals surface area (Å²) < 4.78 is 0. The van der Waals surface area contributed by atoms with Crippen molar-refractivity contribution in [2.24, 2.45) is 11.7 Å². The Bertz CT molecular complexity index is 361. The molecule has 1 rings (SSSR count). The minimum Gasteiger partial charge on any atom is -0.370 e. The number of rotatable bonds is 5. The van der Waals surface area contributed by atoms with Crippen LogP contribution in [0.4, 0.5) is 5.82 Å². The van der Waals surface area contributed by atoms with E-state index < -0.39 is 0 Å². The molecule has 0 amide bonds. The van der Waals surface area contributed by atoms with Gasteiger partial charge in [-0.25, -0.2) is 4.98 Å². The van der Waals surface area contributed by atoms with E-state index in [2.05, 4.69) is 15.3 Å². The van der Waals surface area contributed by atoms with Gasteiger partial charge in [0.1, 0.15) is 11.6 Å². The third-order valence-corrected chi connectivity index (χ3v) is 2.16. The molecule has 1 aromatic heterocycles. The van der Waals surface area contributed by atoms with Crippen molar-refractivity contribution >= 4 is 5.82 Å². The van der Waals surface area contributed by atoms with Crippen LogP contribution in [-0.4, -0.2) is 23.1 Å². The van der Waals surface area contributed by atoms with E-state index in [-0.39, 0.29) is 5.56 Å². The molecule has 5 heteroatoms. The molecule has 1 heterocycles. The molecule has 0 saturated heterocycles. The SMILES string of the molecule is CCc1nc(NCC(C)CN)cc(=O)[nH]1. The number of H-pyrrole nitrogens is 1. The molecule has 84 valence electrons. The van der Waals surface area contributed by atoms with Crippen LogP contribution in [0, 0.1) is 5.92 Å². The van der Waals surface area contributed by atoms with Crippen LogP contribution in [0.1, 0.15) is 19.7 Å². The van der Waals surface area contributed by atoms with Crippen molar-refractivity contribution in [1.29, 1.82) is 0 Å². The van der Waals surface area contributed by atoms with Gasteiger partial charge in [0.05, 0.1) is 0 Å². The Labute approximate surface area is 89.1 Å². The Hall–Kier alpha value is -1.36. The summed E-state index contributed by atoms with van der Waals surface area (Å²) in [7, 11) is 0. The third kappa shape index (κ3) is 3.71. The zero-order valence-electron chi connectivity index (χ0n) is 9.21. The third-order valence-electron chi connectivity index (χ3n) is 2.16. The van der Waals surface area contributed by atoms with E-state index in [9.17, 15) is 4.79 Å². The Balaban J connectivity index is 2.68. The van der Waals surface area contributed by atoms with Crippen LogP contribution < -0.4 is 16.6 Å². The van der Waals surface area contributed by atoms with Crippen molar-refractivity contribution in [3.8, 4) is 0 Å². The number of anilines is 1. The highest BCUT2D eigenvalue weighted by molar-refractivity contribution is 5.32. The maximum Gasteiger partial charge on any atom is 0.252 e. The number of hydrogen-bond acceptors (Lipinski definition) is 4. The van der Waals surface area contributed by atoms with Crippen molar-refractivity contribution in [3.63, 3.8) is 0 Å². The minimum absolute atomic E-state index is 0.121. The largest absolute Gasteiger partial charge is 0.370 e. The zero-order valence-corrected chi connectivity index (χ0v) is 9.21. The molecule has 0 fully saturated rings. The minimum atomic E-state index is -0.121. The highest BCUT2D eigenvalue weighted by Gasteiger charge is 2.02. The summed E-state index contributed by atoms with van der Waals surface area (Å²) in [5.41, 5.74) is 5.37. The van der Waals surface area contributed by atoms with E-state index >= 15 is 0 Å². The van der Waals surface area contributed by atoms with Gasteiger partial charge in [0.25, 0.3) is 5.56 Å². The van der Waals surface area contributed by atoms with E-state index in [1.54, 1.807) is 0 Å². The first kappa shape index (κ1) is 11.7. The van der Waals surface area contributed by atoms with Crippen LogP contribution in [0.5, 0.6) is 0 Å². The number of aromatic amines is 1. The Morgan fingerprint density at radius 3 is 3.00 bits per heavy atom. The Morgan fingerprint density at radius 2 is 2.40 bits per heavy atom. The molecule has 4 N–H and O–H groups in total. The van der Waals surface area contributed by atoms with E-state index in [0.717, 1.165) is 13.0 Å². The number of aryl methyl sites for hydroxylation is 1. The van der Waals surface area contributed by atoms with Gasteiger partial charge in [0, 0.05) is 19.0 Å². The Morgan fingerprint density at radius 1 is 1.67 bits per heavy atom. The fourth-order valence-corrected chi connectivity index (χ4v) is 1.13. The maximum atomic E-state index is 11.2. The molecule has 0 aliphatic heterocycles.